The van der Waals surface area contributed by atoms with Gasteiger partial charge in [-0.2, -0.15) is 8.78 Å². The number of rotatable bonds is 25. The van der Waals surface area contributed by atoms with Crippen molar-refractivity contribution in [1.82, 2.24) is 16.0 Å². The summed E-state index contributed by atoms with van der Waals surface area (Å²) in [4.78, 5) is 62.9. The minimum Gasteiger partial charge on any atom is -0.420 e. The summed E-state index contributed by atoms with van der Waals surface area (Å²) < 4.78 is 87.3. The van der Waals surface area contributed by atoms with E-state index in [1.807, 2.05) is 24.3 Å². The second-order valence-corrected chi connectivity index (χ2v) is 16.2. The van der Waals surface area contributed by atoms with Gasteiger partial charge in [0.1, 0.15) is 12.1 Å². The van der Waals surface area contributed by atoms with Crippen molar-refractivity contribution < 1.29 is 64.9 Å². The predicted molar refractivity (Wildman–Crippen MR) is 228 cm³/mol. The normalized spacial score (nSPS) is 14.8. The number of hydrogen-bond acceptors (Lipinski definition) is 9. The number of halogens is 5. The molecule has 3 rings (SSSR count). The molecule has 1 aliphatic rings. The highest BCUT2D eigenvalue weighted by Gasteiger charge is 2.30. The van der Waals surface area contributed by atoms with Gasteiger partial charge >= 0.3 is 12.0 Å². The van der Waals surface area contributed by atoms with E-state index < -0.39 is 83.1 Å². The van der Waals surface area contributed by atoms with Gasteiger partial charge in [-0.25, -0.2) is 18.0 Å². The smallest absolute Gasteiger partial charge is 0.313 e. The van der Waals surface area contributed by atoms with Crippen LogP contribution in [0.15, 0.2) is 24.3 Å². The number of benzene rings is 2. The van der Waals surface area contributed by atoms with E-state index in [-0.39, 0.29) is 64.9 Å². The second kappa shape index (κ2) is 29.5. The first-order valence-electron chi connectivity index (χ1n) is 22.2. The van der Waals surface area contributed by atoms with Gasteiger partial charge in [0.05, 0.1) is 46.1 Å². The summed E-state index contributed by atoms with van der Waals surface area (Å²) in [7, 11) is 0. The maximum Gasteiger partial charge on any atom is 0.313 e. The molecule has 1 saturated carbocycles. The lowest BCUT2D eigenvalue weighted by molar-refractivity contribution is -0.136. The number of anilines is 1. The number of carbonyl (C=O) groups excluding carboxylic acids is 5. The van der Waals surface area contributed by atoms with E-state index in [1.165, 1.54) is 69.8 Å². The third kappa shape index (κ3) is 19.9. The molecule has 2 atom stereocenters. The van der Waals surface area contributed by atoms with Crippen LogP contribution < -0.4 is 31.7 Å². The summed E-state index contributed by atoms with van der Waals surface area (Å²) in [5.41, 5.74) is 6.99. The Kier molecular flexibility index (Phi) is 24.7. The zero-order valence-electron chi connectivity index (χ0n) is 36.8. The number of ether oxygens (including phenoxy) is 4. The molecule has 5 amide bonds. The highest BCUT2D eigenvalue weighted by atomic mass is 19.2. The monoisotopic (exact) mass is 913 g/mol. The number of nitrogens with two attached hydrogens (primary N) is 1. The topological polar surface area (TPSA) is 196 Å². The van der Waals surface area contributed by atoms with E-state index >= 15 is 0 Å². The maximum absolute atomic E-state index is 13.7. The van der Waals surface area contributed by atoms with E-state index in [2.05, 4.69) is 26.0 Å². The lowest BCUT2D eigenvalue weighted by Gasteiger charge is -2.25. The van der Waals surface area contributed by atoms with E-state index in [0.717, 1.165) is 6.42 Å². The van der Waals surface area contributed by atoms with Crippen LogP contribution in [0.1, 0.15) is 109 Å². The molecule has 2 aromatic carbocycles. The summed E-state index contributed by atoms with van der Waals surface area (Å²) >= 11 is 0. The van der Waals surface area contributed by atoms with Crippen molar-refractivity contribution in [2.45, 2.75) is 122 Å². The number of urea groups is 1. The molecular formula is C45H64F5N5O9. The molecule has 0 radical (unpaired) electrons. The van der Waals surface area contributed by atoms with Gasteiger partial charge in [-0.05, 0) is 48.8 Å². The van der Waals surface area contributed by atoms with Gasteiger partial charge in [0.15, 0.2) is 0 Å². The fraction of sp³-hybridized carbons (Fsp3) is 0.622. The Morgan fingerprint density at radius 2 is 1.19 bits per heavy atom. The van der Waals surface area contributed by atoms with Crippen LogP contribution in [0.25, 0.3) is 0 Å². The first kappa shape index (κ1) is 53.5. The number of amides is 5. The average Bonchev–Trinajstić information content (AvgIpc) is 3.32. The molecule has 19 heteroatoms. The first-order valence-corrected chi connectivity index (χ1v) is 22.2. The van der Waals surface area contributed by atoms with Crippen LogP contribution in [-0.4, -0.2) is 88.0 Å². The van der Waals surface area contributed by atoms with Crippen molar-refractivity contribution in [2.24, 2.45) is 17.6 Å². The van der Waals surface area contributed by atoms with Crippen LogP contribution in [0.2, 0.25) is 0 Å². The Labute approximate surface area is 371 Å². The van der Waals surface area contributed by atoms with Gasteiger partial charge in [-0.3, -0.25) is 19.2 Å². The lowest BCUT2D eigenvalue weighted by Crippen LogP contribution is -2.54. The Morgan fingerprint density at radius 1 is 0.672 bits per heavy atom. The van der Waals surface area contributed by atoms with Gasteiger partial charge < -0.3 is 45.9 Å². The number of esters is 1. The van der Waals surface area contributed by atoms with Crippen molar-refractivity contribution in [3.05, 3.63) is 58.9 Å². The molecule has 0 bridgehead atoms. The molecule has 14 nitrogen and oxygen atoms in total. The fourth-order valence-electron chi connectivity index (χ4n) is 7.09. The van der Waals surface area contributed by atoms with Gasteiger partial charge in [0.2, 0.25) is 52.6 Å². The Balaban J connectivity index is 1.38. The summed E-state index contributed by atoms with van der Waals surface area (Å²) in [6.07, 6.45) is 13.7. The van der Waals surface area contributed by atoms with Gasteiger partial charge in [0.25, 0.3) is 0 Å². The summed E-state index contributed by atoms with van der Waals surface area (Å²) in [6, 6.07) is 5.13. The third-order valence-electron chi connectivity index (χ3n) is 10.6. The summed E-state index contributed by atoms with van der Waals surface area (Å²) in [5, 5.41) is 10.9. The number of hydrogen-bond donors (Lipinski definition) is 5. The molecule has 0 aliphatic heterocycles. The van der Waals surface area contributed by atoms with Crippen molar-refractivity contribution in [2.75, 3.05) is 51.5 Å². The number of nitrogens with one attached hydrogen (secondary N) is 4. The van der Waals surface area contributed by atoms with Crippen molar-refractivity contribution in [1.29, 1.82) is 0 Å². The number of primary amides is 1. The molecule has 1 aliphatic carbocycles. The Bertz CT molecular complexity index is 1750. The Morgan fingerprint density at radius 3 is 1.73 bits per heavy atom. The standard InChI is InChI=1S/C45H64F5N5O9/c1-29(2)41(55-34(56)19-22-61-24-26-63-27-25-62-23-20-35(57)64-42-39(49)37(47)36(46)38(48)40(42)50)44(59)54-33(14-11-21-52-45(51)60)43(58)53-32-17-15-31(16-18-32)28-30-12-9-7-5-3-4-6-8-10-13-30/h15-18,29-30,33,41H,3-14,19-28H2,1-2H3,(H,53,58)(H,54,59)(H,55,56)(H3,51,52,60)/t33-,41-/m0/s1. The van der Waals surface area contributed by atoms with Gasteiger partial charge in [0, 0.05) is 18.7 Å². The molecule has 0 saturated heterocycles. The van der Waals surface area contributed by atoms with E-state index in [1.54, 1.807) is 13.8 Å². The van der Waals surface area contributed by atoms with Crippen LogP contribution in [0.3, 0.4) is 0 Å². The zero-order valence-corrected chi connectivity index (χ0v) is 36.8. The fourth-order valence-corrected chi connectivity index (χ4v) is 7.09. The van der Waals surface area contributed by atoms with E-state index in [4.69, 9.17) is 19.9 Å². The van der Waals surface area contributed by atoms with Crippen LogP contribution in [-0.2, 0) is 39.8 Å². The second-order valence-electron chi connectivity index (χ2n) is 16.2. The first-order chi connectivity index (χ1) is 30.7. The zero-order chi connectivity index (χ0) is 46.9. The van der Waals surface area contributed by atoms with Crippen LogP contribution in [0.4, 0.5) is 32.4 Å². The molecular weight excluding hydrogens is 850 g/mol. The molecule has 0 unspecified atom stereocenters. The molecule has 64 heavy (non-hydrogen) atoms. The molecule has 1 fully saturated rings. The molecule has 0 aromatic heterocycles. The van der Waals surface area contributed by atoms with Crippen molar-refractivity contribution >= 4 is 35.4 Å². The highest BCUT2D eigenvalue weighted by Crippen LogP contribution is 2.29. The predicted octanol–water partition coefficient (Wildman–Crippen LogP) is 6.90. The summed E-state index contributed by atoms with van der Waals surface area (Å²) in [6.45, 7) is 3.64. The molecule has 6 N–H and O–H groups in total. The minimum atomic E-state index is -2.38. The lowest BCUT2D eigenvalue weighted by atomic mass is 9.89. The van der Waals surface area contributed by atoms with Crippen LogP contribution in [0.5, 0.6) is 5.75 Å². The molecule has 0 spiro atoms. The Hall–Kier alpha value is -4.88. The molecule has 358 valence electrons. The largest absolute Gasteiger partial charge is 0.420 e. The maximum atomic E-state index is 13.7. The third-order valence-corrected chi connectivity index (χ3v) is 10.6. The quantitative estimate of drug-likeness (QED) is 0.0176. The van der Waals surface area contributed by atoms with E-state index in [0.29, 0.717) is 18.0 Å². The van der Waals surface area contributed by atoms with E-state index in [9.17, 15) is 45.9 Å². The van der Waals surface area contributed by atoms with Crippen LogP contribution in [0, 0.1) is 40.9 Å². The number of carbonyl (C=O) groups is 5. The SMILES string of the molecule is CC(C)[C@H](NC(=O)CCOCCOCCOCCC(=O)Oc1c(F)c(F)c(F)c(F)c1F)C(=O)N[C@@H](CCCNC(N)=O)C(=O)Nc1ccc(CC2CCCCCCCCCC2)cc1. The molecule has 2 aromatic rings. The molecule has 0 heterocycles. The average molecular weight is 914 g/mol. The van der Waals surface area contributed by atoms with Gasteiger partial charge in [-0.15, -0.1) is 0 Å². The van der Waals surface area contributed by atoms with Crippen molar-refractivity contribution in [3.63, 3.8) is 0 Å². The van der Waals surface area contributed by atoms with Gasteiger partial charge in [-0.1, -0.05) is 90.2 Å². The summed E-state index contributed by atoms with van der Waals surface area (Å²) in [5.74, 6) is -15.6. The van der Waals surface area contributed by atoms with Crippen molar-refractivity contribution in [3.8, 4) is 5.75 Å². The van der Waals surface area contributed by atoms with Crippen LogP contribution >= 0.6 is 0 Å². The highest BCUT2D eigenvalue weighted by molar-refractivity contribution is 5.98. The minimum absolute atomic E-state index is 0.000618.